The molecular weight excluding hydrogens is 230 g/mol. The first-order chi connectivity index (χ1) is 8.92. The third-order valence-corrected chi connectivity index (χ3v) is 4.88. The van der Waals surface area contributed by atoms with E-state index in [1.807, 2.05) is 0 Å². The van der Waals surface area contributed by atoms with Gasteiger partial charge in [0.15, 0.2) is 0 Å². The van der Waals surface area contributed by atoms with Crippen LogP contribution in [0, 0.1) is 0 Å². The zero-order valence-electron chi connectivity index (χ0n) is 13.1. The highest BCUT2D eigenvalue weighted by molar-refractivity contribution is 5.23. The molecule has 0 radical (unpaired) electrons. The lowest BCUT2D eigenvalue weighted by Crippen LogP contribution is -2.42. The predicted octanol–water partition coefficient (Wildman–Crippen LogP) is 4.62. The van der Waals surface area contributed by atoms with Crippen LogP contribution >= 0.6 is 0 Å². The second kappa shape index (κ2) is 5.66. The molecule has 0 N–H and O–H groups in total. The maximum Gasteiger partial charge on any atom is 0.0153 e. The van der Waals surface area contributed by atoms with Gasteiger partial charge in [-0.3, -0.25) is 4.90 Å². The Morgan fingerprint density at radius 1 is 0.895 bits per heavy atom. The van der Waals surface area contributed by atoms with Crippen LogP contribution in [0.5, 0.6) is 0 Å². The third kappa shape index (κ3) is 3.60. The van der Waals surface area contributed by atoms with Crippen molar-refractivity contribution in [3.63, 3.8) is 0 Å². The minimum Gasteiger partial charge on any atom is -0.298 e. The van der Waals surface area contributed by atoms with Gasteiger partial charge in [0.25, 0.3) is 0 Å². The molecule has 1 fully saturated rings. The molecule has 0 saturated carbocycles. The fourth-order valence-corrected chi connectivity index (χ4v) is 3.13. The second-order valence-electron chi connectivity index (χ2n) is 7.26. The highest BCUT2D eigenvalue weighted by Crippen LogP contribution is 2.33. The van der Waals surface area contributed by atoms with E-state index in [4.69, 9.17) is 0 Å². The summed E-state index contributed by atoms with van der Waals surface area (Å²) in [4.78, 5) is 2.67. The quantitative estimate of drug-likeness (QED) is 0.746. The zero-order valence-corrected chi connectivity index (χ0v) is 13.1. The largest absolute Gasteiger partial charge is 0.298 e. The highest BCUT2D eigenvalue weighted by atomic mass is 15.2. The van der Waals surface area contributed by atoms with Crippen molar-refractivity contribution in [1.29, 1.82) is 0 Å². The van der Waals surface area contributed by atoms with Gasteiger partial charge in [0.2, 0.25) is 0 Å². The summed E-state index contributed by atoms with van der Waals surface area (Å²) < 4.78 is 0. The Bertz CT molecular complexity index is 385. The van der Waals surface area contributed by atoms with E-state index in [9.17, 15) is 0 Å². The first-order valence-electron chi connectivity index (χ1n) is 7.72. The molecule has 1 heteroatoms. The zero-order chi connectivity index (χ0) is 13.9. The molecule has 0 amide bonds. The van der Waals surface area contributed by atoms with Gasteiger partial charge in [0, 0.05) is 5.54 Å². The molecule has 0 unspecified atom stereocenters. The van der Waals surface area contributed by atoms with E-state index in [2.05, 4.69) is 62.9 Å². The normalized spacial score (nSPS) is 17.9. The maximum atomic E-state index is 2.67. The van der Waals surface area contributed by atoms with Crippen LogP contribution in [0.4, 0.5) is 0 Å². The molecule has 1 aromatic carbocycles. The Balaban J connectivity index is 1.97. The first kappa shape index (κ1) is 14.6. The molecule has 1 aliphatic rings. The number of hydrogen-bond donors (Lipinski definition) is 0. The summed E-state index contributed by atoms with van der Waals surface area (Å²) in [5, 5.41) is 0. The van der Waals surface area contributed by atoms with Crippen molar-refractivity contribution in [3.8, 4) is 0 Å². The Morgan fingerprint density at radius 3 is 2.05 bits per heavy atom. The lowest BCUT2D eigenvalue weighted by molar-refractivity contribution is 0.133. The third-order valence-electron chi connectivity index (χ3n) is 4.88. The van der Waals surface area contributed by atoms with Crippen molar-refractivity contribution in [2.75, 3.05) is 13.1 Å². The van der Waals surface area contributed by atoms with E-state index < -0.39 is 0 Å². The van der Waals surface area contributed by atoms with Gasteiger partial charge in [-0.25, -0.2) is 0 Å². The van der Waals surface area contributed by atoms with Gasteiger partial charge in [-0.15, -0.1) is 0 Å². The van der Waals surface area contributed by atoms with E-state index in [-0.39, 0.29) is 5.41 Å². The lowest BCUT2D eigenvalue weighted by atomic mass is 9.77. The molecule has 0 bridgehead atoms. The summed E-state index contributed by atoms with van der Waals surface area (Å²) in [6.07, 6.45) is 5.28. The first-order valence-corrected chi connectivity index (χ1v) is 7.72. The van der Waals surface area contributed by atoms with E-state index >= 15 is 0 Å². The predicted molar refractivity (Wildman–Crippen MR) is 83.6 cm³/mol. The van der Waals surface area contributed by atoms with Crippen LogP contribution < -0.4 is 0 Å². The van der Waals surface area contributed by atoms with E-state index in [0.717, 1.165) is 0 Å². The minimum absolute atomic E-state index is 0.276. The molecule has 19 heavy (non-hydrogen) atoms. The van der Waals surface area contributed by atoms with Crippen LogP contribution in [0.25, 0.3) is 0 Å². The summed E-state index contributed by atoms with van der Waals surface area (Å²) in [5.74, 6) is 0. The van der Waals surface area contributed by atoms with E-state index in [1.165, 1.54) is 44.3 Å². The average molecular weight is 259 g/mol. The van der Waals surface area contributed by atoms with Gasteiger partial charge in [0.1, 0.15) is 0 Å². The monoisotopic (exact) mass is 259 g/mol. The molecule has 1 aromatic rings. The number of rotatable bonds is 5. The Kier molecular flexibility index (Phi) is 4.35. The molecule has 106 valence electrons. The summed E-state index contributed by atoms with van der Waals surface area (Å²) in [5.41, 5.74) is 2.09. The van der Waals surface area contributed by atoms with Crippen molar-refractivity contribution in [2.45, 2.75) is 64.3 Å². The smallest absolute Gasteiger partial charge is 0.0153 e. The molecule has 0 spiro atoms. The van der Waals surface area contributed by atoms with Gasteiger partial charge < -0.3 is 0 Å². The van der Waals surface area contributed by atoms with Gasteiger partial charge >= 0.3 is 0 Å². The average Bonchev–Trinajstić information content (AvgIpc) is 2.93. The van der Waals surface area contributed by atoms with E-state index in [1.54, 1.807) is 0 Å². The van der Waals surface area contributed by atoms with Crippen molar-refractivity contribution < 1.29 is 0 Å². The maximum absolute atomic E-state index is 2.67. The molecule has 0 aromatic heterocycles. The number of likely N-dealkylation sites (tertiary alicyclic amines) is 1. The van der Waals surface area contributed by atoms with Crippen LogP contribution in [0.1, 0.15) is 58.9 Å². The number of hydrogen-bond acceptors (Lipinski definition) is 1. The van der Waals surface area contributed by atoms with Crippen LogP contribution in [0.3, 0.4) is 0 Å². The number of nitrogens with zero attached hydrogens (tertiary/aromatic N) is 1. The van der Waals surface area contributed by atoms with Gasteiger partial charge in [-0.1, -0.05) is 44.2 Å². The van der Waals surface area contributed by atoms with Crippen LogP contribution in [0.2, 0.25) is 0 Å². The van der Waals surface area contributed by atoms with Crippen molar-refractivity contribution >= 4 is 0 Å². The standard InChI is InChI=1S/C18H29N/c1-17(2,16-10-6-5-7-11-16)12-13-18(3,4)19-14-8-9-15-19/h5-7,10-11H,8-9,12-15H2,1-4H3. The fourth-order valence-electron chi connectivity index (χ4n) is 3.13. The fraction of sp³-hybridized carbons (Fsp3) is 0.667. The lowest BCUT2D eigenvalue weighted by Gasteiger charge is -2.38. The Hall–Kier alpha value is -0.820. The minimum atomic E-state index is 0.276. The molecule has 1 saturated heterocycles. The summed E-state index contributed by atoms with van der Waals surface area (Å²) in [6.45, 7) is 12.2. The number of benzene rings is 1. The highest BCUT2D eigenvalue weighted by Gasteiger charge is 2.31. The van der Waals surface area contributed by atoms with Crippen molar-refractivity contribution in [3.05, 3.63) is 35.9 Å². The molecular formula is C18H29N. The molecule has 2 rings (SSSR count). The van der Waals surface area contributed by atoms with Crippen molar-refractivity contribution in [1.82, 2.24) is 4.90 Å². The van der Waals surface area contributed by atoms with Crippen LogP contribution in [-0.4, -0.2) is 23.5 Å². The molecule has 0 atom stereocenters. The topological polar surface area (TPSA) is 3.24 Å². The van der Waals surface area contributed by atoms with E-state index in [0.29, 0.717) is 5.54 Å². The summed E-state index contributed by atoms with van der Waals surface area (Å²) in [6, 6.07) is 10.9. The van der Waals surface area contributed by atoms with Gasteiger partial charge in [0.05, 0.1) is 0 Å². The summed E-state index contributed by atoms with van der Waals surface area (Å²) in [7, 11) is 0. The SMILES string of the molecule is CC(C)(CCC(C)(C)N1CCCC1)c1ccccc1. The van der Waals surface area contributed by atoms with Crippen molar-refractivity contribution in [2.24, 2.45) is 0 Å². The Morgan fingerprint density at radius 2 is 1.47 bits per heavy atom. The summed E-state index contributed by atoms with van der Waals surface area (Å²) >= 11 is 0. The van der Waals surface area contributed by atoms with Gasteiger partial charge in [-0.2, -0.15) is 0 Å². The molecule has 1 nitrogen and oxygen atoms in total. The molecule has 1 heterocycles. The van der Waals surface area contributed by atoms with Crippen LogP contribution in [0.15, 0.2) is 30.3 Å². The molecule has 0 aliphatic carbocycles. The molecule has 1 aliphatic heterocycles. The van der Waals surface area contributed by atoms with Gasteiger partial charge in [-0.05, 0) is 63.6 Å². The Labute approximate surface area is 119 Å². The second-order valence-corrected chi connectivity index (χ2v) is 7.26. The van der Waals surface area contributed by atoms with Crippen LogP contribution in [-0.2, 0) is 5.41 Å².